The first-order valence-corrected chi connectivity index (χ1v) is 11.6. The van der Waals surface area contributed by atoms with E-state index in [1.54, 1.807) is 29.9 Å². The van der Waals surface area contributed by atoms with Crippen molar-refractivity contribution >= 4 is 40.2 Å². The number of halogens is 1. The van der Waals surface area contributed by atoms with Crippen molar-refractivity contribution in [3.8, 4) is 11.5 Å². The lowest BCUT2D eigenvalue weighted by atomic mass is 10.2. The molecule has 32 heavy (non-hydrogen) atoms. The third-order valence-electron chi connectivity index (χ3n) is 4.51. The molecule has 0 saturated carbocycles. The molecule has 1 aromatic heterocycles. The number of fused-ring (bicyclic) bond motifs is 1. The third-order valence-corrected chi connectivity index (χ3v) is 5.72. The fourth-order valence-electron chi connectivity index (χ4n) is 3.08. The number of thioether (sulfide) groups is 1. The highest BCUT2D eigenvalue weighted by atomic mass is 35.5. The molecule has 0 unspecified atom stereocenters. The maximum atomic E-state index is 13.0. The Hall–Kier alpha value is -2.71. The highest BCUT2D eigenvalue weighted by Crippen LogP contribution is 2.25. The number of amides is 1. The highest BCUT2D eigenvalue weighted by molar-refractivity contribution is 7.99. The second-order valence-electron chi connectivity index (χ2n) is 7.50. The molecule has 0 spiro atoms. The molecule has 0 radical (unpaired) electrons. The standard InChI is InChI=1S/C23H26ClN3O4S/c1-15(2)13-27-22(29)17-12-16(24)8-9-18(17)26-23(27)32-14-21(28)25-10-11-31-20-7-5-4-6-19(20)30-3/h4-9,12,15H,10-11,13-14H2,1-3H3,(H,25,28). The molecule has 1 N–H and O–H groups in total. The average Bonchev–Trinajstić information content (AvgIpc) is 2.78. The molecule has 3 aromatic rings. The van der Waals surface area contributed by atoms with Crippen molar-refractivity contribution in [2.24, 2.45) is 5.92 Å². The van der Waals surface area contributed by atoms with Crippen molar-refractivity contribution in [3.63, 3.8) is 0 Å². The van der Waals surface area contributed by atoms with E-state index >= 15 is 0 Å². The number of para-hydroxylation sites is 2. The van der Waals surface area contributed by atoms with Crippen molar-refractivity contribution in [1.29, 1.82) is 0 Å². The van der Waals surface area contributed by atoms with E-state index in [2.05, 4.69) is 10.3 Å². The van der Waals surface area contributed by atoms with Gasteiger partial charge in [-0.2, -0.15) is 0 Å². The summed E-state index contributed by atoms with van der Waals surface area (Å²) in [4.78, 5) is 29.9. The van der Waals surface area contributed by atoms with Gasteiger partial charge in [0, 0.05) is 11.6 Å². The lowest BCUT2D eigenvalue weighted by Gasteiger charge is -2.15. The molecule has 0 saturated heterocycles. The van der Waals surface area contributed by atoms with E-state index in [0.717, 1.165) is 0 Å². The number of rotatable bonds is 10. The smallest absolute Gasteiger partial charge is 0.262 e. The molecule has 0 fully saturated rings. The summed E-state index contributed by atoms with van der Waals surface area (Å²) < 4.78 is 12.5. The molecule has 170 valence electrons. The van der Waals surface area contributed by atoms with Crippen LogP contribution in [-0.4, -0.2) is 41.5 Å². The molecule has 7 nitrogen and oxygen atoms in total. The van der Waals surface area contributed by atoms with Crippen LogP contribution in [0.15, 0.2) is 52.4 Å². The number of ether oxygens (including phenoxy) is 2. The number of hydrogen-bond acceptors (Lipinski definition) is 6. The van der Waals surface area contributed by atoms with Gasteiger partial charge in [-0.3, -0.25) is 14.2 Å². The Balaban J connectivity index is 1.61. The number of nitrogens with one attached hydrogen (secondary N) is 1. The van der Waals surface area contributed by atoms with E-state index in [9.17, 15) is 9.59 Å². The fourth-order valence-corrected chi connectivity index (χ4v) is 4.09. The van der Waals surface area contributed by atoms with Crippen LogP contribution >= 0.6 is 23.4 Å². The van der Waals surface area contributed by atoms with Crippen LogP contribution < -0.4 is 20.3 Å². The van der Waals surface area contributed by atoms with Crippen molar-refractivity contribution in [2.75, 3.05) is 26.0 Å². The molecule has 1 heterocycles. The number of hydrogen-bond donors (Lipinski definition) is 1. The van der Waals surface area contributed by atoms with Crippen LogP contribution in [0.5, 0.6) is 11.5 Å². The van der Waals surface area contributed by atoms with Crippen molar-refractivity contribution in [2.45, 2.75) is 25.5 Å². The van der Waals surface area contributed by atoms with Crippen LogP contribution in [0.4, 0.5) is 0 Å². The first-order chi connectivity index (χ1) is 15.4. The van der Waals surface area contributed by atoms with E-state index in [-0.39, 0.29) is 23.1 Å². The monoisotopic (exact) mass is 475 g/mol. The number of carbonyl (C=O) groups is 1. The van der Waals surface area contributed by atoms with Gasteiger partial charge in [0.15, 0.2) is 16.7 Å². The molecule has 0 atom stereocenters. The van der Waals surface area contributed by atoms with Crippen molar-refractivity contribution in [3.05, 3.63) is 57.8 Å². The van der Waals surface area contributed by atoms with Gasteiger partial charge in [-0.15, -0.1) is 0 Å². The Morgan fingerprint density at radius 2 is 1.97 bits per heavy atom. The van der Waals surface area contributed by atoms with E-state index in [0.29, 0.717) is 52.3 Å². The first-order valence-electron chi connectivity index (χ1n) is 10.2. The molecule has 3 rings (SSSR count). The maximum Gasteiger partial charge on any atom is 0.262 e. The fraction of sp³-hybridized carbons (Fsp3) is 0.348. The summed E-state index contributed by atoms with van der Waals surface area (Å²) in [6.45, 7) is 5.21. The van der Waals surface area contributed by atoms with Gasteiger partial charge in [-0.05, 0) is 36.2 Å². The predicted molar refractivity (Wildman–Crippen MR) is 128 cm³/mol. The second kappa shape index (κ2) is 11.2. The number of aromatic nitrogens is 2. The average molecular weight is 476 g/mol. The van der Waals surface area contributed by atoms with Gasteiger partial charge >= 0.3 is 0 Å². The minimum atomic E-state index is -0.167. The lowest BCUT2D eigenvalue weighted by Crippen LogP contribution is -2.30. The summed E-state index contributed by atoms with van der Waals surface area (Å²) in [7, 11) is 1.58. The molecule has 0 bridgehead atoms. The van der Waals surface area contributed by atoms with E-state index in [4.69, 9.17) is 21.1 Å². The molecule has 2 aromatic carbocycles. The van der Waals surface area contributed by atoms with Crippen LogP contribution in [0.1, 0.15) is 13.8 Å². The minimum absolute atomic E-state index is 0.137. The van der Waals surface area contributed by atoms with Crippen molar-refractivity contribution in [1.82, 2.24) is 14.9 Å². The van der Waals surface area contributed by atoms with Gasteiger partial charge in [0.25, 0.3) is 5.56 Å². The van der Waals surface area contributed by atoms with Crippen LogP contribution in [0.3, 0.4) is 0 Å². The number of nitrogens with zero attached hydrogens (tertiary/aromatic N) is 2. The quantitative estimate of drug-likeness (QED) is 0.271. The Morgan fingerprint density at radius 1 is 1.22 bits per heavy atom. The largest absolute Gasteiger partial charge is 0.493 e. The number of benzene rings is 2. The Bertz CT molecular complexity index is 1150. The molecule has 1 amide bonds. The highest BCUT2D eigenvalue weighted by Gasteiger charge is 2.15. The first kappa shape index (κ1) is 23.9. The molecular weight excluding hydrogens is 450 g/mol. The minimum Gasteiger partial charge on any atom is -0.493 e. The number of methoxy groups -OCH3 is 1. The summed E-state index contributed by atoms with van der Waals surface area (Å²) in [5.41, 5.74) is 0.409. The Labute approximate surface area is 196 Å². The van der Waals surface area contributed by atoms with Gasteiger partial charge in [0.05, 0.1) is 30.3 Å². The van der Waals surface area contributed by atoms with E-state index in [1.165, 1.54) is 11.8 Å². The Kier molecular flexibility index (Phi) is 8.41. The summed E-state index contributed by atoms with van der Waals surface area (Å²) in [5.74, 6) is 1.47. The SMILES string of the molecule is COc1ccccc1OCCNC(=O)CSc1nc2ccc(Cl)cc2c(=O)n1CC(C)C. The van der Waals surface area contributed by atoms with Crippen LogP contribution in [0, 0.1) is 5.92 Å². The van der Waals surface area contributed by atoms with E-state index < -0.39 is 0 Å². The Morgan fingerprint density at radius 3 is 2.69 bits per heavy atom. The van der Waals surface area contributed by atoms with Gasteiger partial charge in [-0.25, -0.2) is 4.98 Å². The van der Waals surface area contributed by atoms with Crippen molar-refractivity contribution < 1.29 is 14.3 Å². The zero-order valence-corrected chi connectivity index (χ0v) is 19.8. The third kappa shape index (κ3) is 6.17. The molecule has 0 aliphatic carbocycles. The zero-order valence-electron chi connectivity index (χ0n) is 18.3. The summed E-state index contributed by atoms with van der Waals surface area (Å²) in [6.07, 6.45) is 0. The lowest BCUT2D eigenvalue weighted by molar-refractivity contribution is -0.118. The summed E-state index contributed by atoms with van der Waals surface area (Å²) >= 11 is 7.29. The normalized spacial score (nSPS) is 11.0. The molecule has 9 heteroatoms. The number of carbonyl (C=O) groups excluding carboxylic acids is 1. The molecule has 0 aliphatic rings. The molecule has 0 aliphatic heterocycles. The maximum absolute atomic E-state index is 13.0. The second-order valence-corrected chi connectivity index (χ2v) is 8.88. The van der Waals surface area contributed by atoms with Gasteiger partial charge in [0.1, 0.15) is 6.61 Å². The van der Waals surface area contributed by atoms with Crippen LogP contribution in [-0.2, 0) is 11.3 Å². The van der Waals surface area contributed by atoms with Crippen LogP contribution in [0.2, 0.25) is 5.02 Å². The zero-order chi connectivity index (χ0) is 23.1. The van der Waals surface area contributed by atoms with Gasteiger partial charge < -0.3 is 14.8 Å². The molecular formula is C23H26ClN3O4S. The summed E-state index contributed by atoms with van der Waals surface area (Å²) in [6, 6.07) is 12.4. The topological polar surface area (TPSA) is 82.5 Å². The summed E-state index contributed by atoms with van der Waals surface area (Å²) in [5, 5.41) is 4.30. The van der Waals surface area contributed by atoms with E-state index in [1.807, 2.05) is 38.1 Å². The predicted octanol–water partition coefficient (Wildman–Crippen LogP) is 4.00. The van der Waals surface area contributed by atoms with Crippen LogP contribution in [0.25, 0.3) is 10.9 Å². The van der Waals surface area contributed by atoms with Gasteiger partial charge in [-0.1, -0.05) is 49.3 Å². The van der Waals surface area contributed by atoms with Gasteiger partial charge in [0.2, 0.25) is 5.91 Å².